The van der Waals surface area contributed by atoms with Gasteiger partial charge in [-0.2, -0.15) is 0 Å². The number of hydrogen-bond donors (Lipinski definition) is 3. The molecule has 0 aliphatic rings. The van der Waals surface area contributed by atoms with Crippen molar-refractivity contribution < 1.29 is 33.8 Å². The van der Waals surface area contributed by atoms with Crippen LogP contribution >= 0.6 is 0 Å². The van der Waals surface area contributed by atoms with E-state index >= 15 is 0 Å². The largest absolute Gasteiger partial charge is 0.507 e. The maximum atomic E-state index is 13.9. The second kappa shape index (κ2) is 13.7. The molecule has 0 aliphatic heterocycles. The van der Waals surface area contributed by atoms with Crippen molar-refractivity contribution in [3.63, 3.8) is 0 Å². The van der Waals surface area contributed by atoms with Gasteiger partial charge in [0.25, 0.3) is 5.91 Å². The molecule has 220 valence electrons. The molecule has 0 bridgehead atoms. The van der Waals surface area contributed by atoms with Gasteiger partial charge in [-0.1, -0.05) is 55.0 Å². The molecule has 2 unspecified atom stereocenters. The molecule has 0 radical (unpaired) electrons. The zero-order chi connectivity index (χ0) is 31.0. The van der Waals surface area contributed by atoms with E-state index in [1.54, 1.807) is 84.9 Å². The van der Waals surface area contributed by atoms with Crippen molar-refractivity contribution in [2.45, 2.75) is 78.2 Å². The van der Waals surface area contributed by atoms with Crippen molar-refractivity contribution in [2.75, 3.05) is 6.54 Å². The fourth-order valence-electron chi connectivity index (χ4n) is 3.80. The van der Waals surface area contributed by atoms with Crippen LogP contribution in [0.4, 0.5) is 4.79 Å². The zero-order valence-corrected chi connectivity index (χ0v) is 24.6. The van der Waals surface area contributed by atoms with Crippen molar-refractivity contribution in [1.29, 1.82) is 0 Å². The smallest absolute Gasteiger partial charge is 0.408 e. The highest BCUT2D eigenvalue weighted by molar-refractivity contribution is 5.94. The molecule has 3 N–H and O–H groups in total. The number of nitrogens with zero attached hydrogens (tertiary/aromatic N) is 1. The quantitative estimate of drug-likeness (QED) is 0.239. The Morgan fingerprint density at radius 3 is 2.12 bits per heavy atom. The molecule has 2 aromatic rings. The lowest BCUT2D eigenvalue weighted by molar-refractivity contribution is -0.159. The first-order valence-electron chi connectivity index (χ1n) is 13.1. The van der Waals surface area contributed by atoms with Crippen LogP contribution < -0.4 is 10.6 Å². The average Bonchev–Trinajstić information content (AvgIpc) is 2.86. The van der Waals surface area contributed by atoms with Crippen molar-refractivity contribution >= 4 is 23.9 Å². The SMILES string of the molecule is C#CN(C(=O)CNC(=O)OC(C)(C)C)C(C(=O)NC(Cc1ccccc1)C(=O)OC(C)(C)C)c1cccc(C)c1O. The Morgan fingerprint density at radius 2 is 1.56 bits per heavy atom. The summed E-state index contributed by atoms with van der Waals surface area (Å²) in [5, 5.41) is 15.9. The Balaban J connectivity index is 2.45. The molecule has 0 aromatic heterocycles. The number of rotatable bonds is 9. The summed E-state index contributed by atoms with van der Waals surface area (Å²) in [7, 11) is 0. The monoisotopic (exact) mass is 565 g/mol. The van der Waals surface area contributed by atoms with E-state index in [-0.39, 0.29) is 17.7 Å². The summed E-state index contributed by atoms with van der Waals surface area (Å²) in [5.41, 5.74) is -0.410. The molecule has 2 rings (SSSR count). The molecule has 2 aromatic carbocycles. The van der Waals surface area contributed by atoms with Crippen molar-refractivity contribution in [2.24, 2.45) is 0 Å². The van der Waals surface area contributed by atoms with Gasteiger partial charge in [0.05, 0.1) is 0 Å². The van der Waals surface area contributed by atoms with E-state index in [2.05, 4.69) is 16.7 Å². The number of alkyl carbamates (subject to hydrolysis) is 1. The van der Waals surface area contributed by atoms with E-state index in [4.69, 9.17) is 15.9 Å². The Morgan fingerprint density at radius 1 is 0.951 bits per heavy atom. The van der Waals surface area contributed by atoms with Gasteiger partial charge in [0.2, 0.25) is 5.91 Å². The maximum Gasteiger partial charge on any atom is 0.408 e. The van der Waals surface area contributed by atoms with Crippen LogP contribution in [0.1, 0.15) is 64.3 Å². The van der Waals surface area contributed by atoms with Crippen LogP contribution in [-0.2, 0) is 30.3 Å². The Kier molecular flexibility index (Phi) is 10.9. The van der Waals surface area contributed by atoms with Crippen LogP contribution in [-0.4, -0.2) is 57.7 Å². The van der Waals surface area contributed by atoms with Crippen LogP contribution in [0, 0.1) is 19.4 Å². The number of esters is 1. The lowest BCUT2D eigenvalue weighted by Crippen LogP contribution is -2.51. The summed E-state index contributed by atoms with van der Waals surface area (Å²) in [4.78, 5) is 53.2. The average molecular weight is 566 g/mol. The topological polar surface area (TPSA) is 134 Å². The molecular formula is C31H39N3O7. The number of amides is 3. The summed E-state index contributed by atoms with van der Waals surface area (Å²) >= 11 is 0. The fourth-order valence-corrected chi connectivity index (χ4v) is 3.80. The maximum absolute atomic E-state index is 13.9. The number of aromatic hydroxyl groups is 1. The lowest BCUT2D eigenvalue weighted by Gasteiger charge is -2.30. The number of phenolic OH excluding ortho intramolecular Hbond substituents is 1. The van der Waals surface area contributed by atoms with Gasteiger partial charge < -0.3 is 25.2 Å². The highest BCUT2D eigenvalue weighted by Gasteiger charge is 2.36. The van der Waals surface area contributed by atoms with Gasteiger partial charge in [-0.3, -0.25) is 14.5 Å². The van der Waals surface area contributed by atoms with Crippen molar-refractivity contribution in [3.8, 4) is 18.2 Å². The second-order valence-electron chi connectivity index (χ2n) is 11.4. The molecule has 3 amide bonds. The van der Waals surface area contributed by atoms with E-state index in [0.29, 0.717) is 5.56 Å². The van der Waals surface area contributed by atoms with Gasteiger partial charge in [0.1, 0.15) is 29.5 Å². The minimum absolute atomic E-state index is 0.0358. The minimum atomic E-state index is -1.55. The van der Waals surface area contributed by atoms with E-state index in [1.807, 2.05) is 6.07 Å². The molecule has 0 saturated carbocycles. The molecule has 0 spiro atoms. The molecule has 10 heteroatoms. The third-order valence-electron chi connectivity index (χ3n) is 5.55. The predicted molar refractivity (Wildman–Crippen MR) is 153 cm³/mol. The molecule has 41 heavy (non-hydrogen) atoms. The Hall–Kier alpha value is -4.52. The van der Waals surface area contributed by atoms with E-state index in [0.717, 1.165) is 10.5 Å². The number of para-hydroxylation sites is 1. The number of hydrogen-bond acceptors (Lipinski definition) is 7. The van der Waals surface area contributed by atoms with Gasteiger partial charge >= 0.3 is 12.1 Å². The highest BCUT2D eigenvalue weighted by atomic mass is 16.6. The number of benzene rings is 2. The molecule has 2 atom stereocenters. The van der Waals surface area contributed by atoms with Crippen molar-refractivity contribution in [1.82, 2.24) is 15.5 Å². The lowest BCUT2D eigenvalue weighted by atomic mass is 9.99. The Bertz CT molecular complexity index is 1290. The van der Waals surface area contributed by atoms with E-state index in [1.165, 1.54) is 6.07 Å². The highest BCUT2D eigenvalue weighted by Crippen LogP contribution is 2.32. The van der Waals surface area contributed by atoms with Crippen molar-refractivity contribution in [3.05, 3.63) is 65.2 Å². The Labute approximate surface area is 241 Å². The number of terminal acetylenes is 1. The number of carbonyl (C=O) groups is 4. The molecular weight excluding hydrogens is 526 g/mol. The van der Waals surface area contributed by atoms with Crippen LogP contribution in [0.5, 0.6) is 5.75 Å². The standard InChI is InChI=1S/C31H39N3O7/c1-9-34(24(35)19-32-29(39)41-31(6,7)8)25(22-17-13-14-20(2)26(22)36)27(37)33-23(28(38)40-30(3,4)5)18-21-15-11-10-12-16-21/h1,10-17,23,25,36H,18-19H2,2-8H3,(H,32,39)(H,33,37). The molecule has 0 aliphatic carbocycles. The van der Waals surface area contributed by atoms with Gasteiger partial charge in [-0.15, -0.1) is 0 Å². The first kappa shape index (κ1) is 32.7. The third-order valence-corrected chi connectivity index (χ3v) is 5.55. The summed E-state index contributed by atoms with van der Waals surface area (Å²) in [5.74, 6) is -2.60. The van der Waals surface area contributed by atoms with Crippen LogP contribution in [0.15, 0.2) is 48.5 Å². The first-order valence-corrected chi connectivity index (χ1v) is 13.1. The van der Waals surface area contributed by atoms with Gasteiger partial charge in [-0.05, 0) is 59.6 Å². The zero-order valence-electron chi connectivity index (χ0n) is 24.6. The second-order valence-corrected chi connectivity index (χ2v) is 11.4. The van der Waals surface area contributed by atoms with Crippen LogP contribution in [0.2, 0.25) is 0 Å². The van der Waals surface area contributed by atoms with Gasteiger partial charge in [-0.25, -0.2) is 9.59 Å². The summed E-state index contributed by atoms with van der Waals surface area (Å²) in [6, 6.07) is 13.2. The summed E-state index contributed by atoms with van der Waals surface area (Å²) in [6.45, 7) is 11.1. The molecule has 0 saturated heterocycles. The molecule has 10 nitrogen and oxygen atoms in total. The first-order chi connectivity index (χ1) is 19.0. The minimum Gasteiger partial charge on any atom is -0.507 e. The number of aryl methyl sites for hydroxylation is 1. The number of carbonyl (C=O) groups excluding carboxylic acids is 4. The number of phenols is 1. The van der Waals surface area contributed by atoms with Crippen LogP contribution in [0.25, 0.3) is 0 Å². The number of ether oxygens (including phenoxy) is 2. The van der Waals surface area contributed by atoms with Crippen LogP contribution in [0.3, 0.4) is 0 Å². The van der Waals surface area contributed by atoms with E-state index in [9.17, 15) is 24.3 Å². The van der Waals surface area contributed by atoms with E-state index < -0.39 is 53.7 Å². The fraction of sp³-hybridized carbons (Fsp3) is 0.419. The summed E-state index contributed by atoms with van der Waals surface area (Å²) in [6.07, 6.45) is 4.94. The summed E-state index contributed by atoms with van der Waals surface area (Å²) < 4.78 is 10.7. The third kappa shape index (κ3) is 10.2. The molecule has 0 heterocycles. The normalized spacial score (nSPS) is 12.7. The predicted octanol–water partition coefficient (Wildman–Crippen LogP) is 3.75. The van der Waals surface area contributed by atoms with Gasteiger partial charge in [0, 0.05) is 18.0 Å². The number of nitrogens with one attached hydrogen (secondary N) is 2. The van der Waals surface area contributed by atoms with Gasteiger partial charge in [0.15, 0.2) is 6.04 Å². The molecule has 0 fully saturated rings.